The summed E-state index contributed by atoms with van der Waals surface area (Å²) in [6.07, 6.45) is 2.05. The van der Waals surface area contributed by atoms with E-state index in [1.165, 1.54) is 18.6 Å². The van der Waals surface area contributed by atoms with E-state index in [4.69, 9.17) is 0 Å². The van der Waals surface area contributed by atoms with Crippen LogP contribution in [0.2, 0.25) is 0 Å². The van der Waals surface area contributed by atoms with Gasteiger partial charge in [0.1, 0.15) is 18.7 Å². The van der Waals surface area contributed by atoms with Gasteiger partial charge in [-0.25, -0.2) is 28.4 Å². The summed E-state index contributed by atoms with van der Waals surface area (Å²) in [6.45, 7) is 2.02. The molecule has 27 heavy (non-hydrogen) atoms. The third-order valence-corrected chi connectivity index (χ3v) is 4.50. The Balaban J connectivity index is 1.49. The predicted molar refractivity (Wildman–Crippen MR) is 96.3 cm³/mol. The fourth-order valence-electron chi connectivity index (χ4n) is 3.18. The minimum Gasteiger partial charge on any atom is -0.367 e. The maximum atomic E-state index is 12.4. The van der Waals surface area contributed by atoms with E-state index in [9.17, 15) is 13.6 Å². The van der Waals surface area contributed by atoms with Crippen molar-refractivity contribution >= 4 is 22.5 Å². The molecule has 140 valence electrons. The molecule has 1 aliphatic rings. The normalized spacial score (nSPS) is 14.9. The molecule has 0 N–H and O–H groups in total. The van der Waals surface area contributed by atoms with Crippen molar-refractivity contribution in [1.82, 2.24) is 24.7 Å². The van der Waals surface area contributed by atoms with Crippen LogP contribution in [0.25, 0.3) is 11.0 Å². The van der Waals surface area contributed by atoms with Crippen molar-refractivity contribution in [3.05, 3.63) is 47.3 Å². The van der Waals surface area contributed by atoms with Crippen molar-refractivity contribution in [2.24, 2.45) is 0 Å². The number of hydrogen-bond donors (Lipinski definition) is 0. The van der Waals surface area contributed by atoms with Crippen LogP contribution in [0.4, 0.5) is 20.3 Å². The van der Waals surface area contributed by atoms with Crippen molar-refractivity contribution in [3.8, 4) is 0 Å². The summed E-state index contributed by atoms with van der Waals surface area (Å²) >= 11 is 0. The van der Waals surface area contributed by atoms with Crippen LogP contribution in [0.3, 0.4) is 0 Å². The predicted octanol–water partition coefficient (Wildman–Crippen LogP) is 1.17. The van der Waals surface area contributed by atoms with E-state index in [0.29, 0.717) is 37.5 Å². The number of pyridine rings is 1. The molecule has 0 aromatic carbocycles. The molecule has 3 aromatic heterocycles. The minimum atomic E-state index is -2.61. The Morgan fingerprint density at radius 1 is 1.07 bits per heavy atom. The summed E-state index contributed by atoms with van der Waals surface area (Å²) in [7, 11) is 0. The van der Waals surface area contributed by atoms with Crippen LogP contribution in [0.15, 0.2) is 41.7 Å². The summed E-state index contributed by atoms with van der Waals surface area (Å²) < 4.78 is 25.7. The summed E-state index contributed by atoms with van der Waals surface area (Å²) in [5.74, 6) is 0.832. The molecule has 0 saturated carbocycles. The lowest BCUT2D eigenvalue weighted by atomic mass is 10.2. The zero-order chi connectivity index (χ0) is 18.8. The monoisotopic (exact) mass is 373 g/mol. The molecule has 0 radical (unpaired) electrons. The molecular formula is C17H17F2N7O. The third-order valence-electron chi connectivity index (χ3n) is 4.50. The number of rotatable bonds is 4. The van der Waals surface area contributed by atoms with Gasteiger partial charge in [0, 0.05) is 38.4 Å². The Kier molecular flexibility index (Phi) is 4.61. The van der Waals surface area contributed by atoms with Gasteiger partial charge in [-0.05, 0) is 12.1 Å². The fourth-order valence-corrected chi connectivity index (χ4v) is 3.18. The molecule has 0 aliphatic carbocycles. The first-order valence-corrected chi connectivity index (χ1v) is 8.53. The number of halogens is 2. The van der Waals surface area contributed by atoms with E-state index >= 15 is 0 Å². The SMILES string of the molecule is O=c1cc(N2CCN(c3ncnc4ncccc34)CC2)cnn1CC(F)F. The molecule has 1 saturated heterocycles. The van der Waals surface area contributed by atoms with Crippen molar-refractivity contribution in [1.29, 1.82) is 0 Å². The van der Waals surface area contributed by atoms with E-state index in [0.717, 1.165) is 15.9 Å². The number of anilines is 2. The highest BCUT2D eigenvalue weighted by Crippen LogP contribution is 2.23. The second kappa shape index (κ2) is 7.22. The van der Waals surface area contributed by atoms with Gasteiger partial charge in [-0.3, -0.25) is 4.79 Å². The first-order valence-electron chi connectivity index (χ1n) is 8.53. The van der Waals surface area contributed by atoms with Crippen LogP contribution in [0, 0.1) is 0 Å². The van der Waals surface area contributed by atoms with E-state index < -0.39 is 18.5 Å². The maximum absolute atomic E-state index is 12.4. The average molecular weight is 373 g/mol. The smallest absolute Gasteiger partial charge is 0.269 e. The molecule has 0 atom stereocenters. The Labute approximate surface area is 153 Å². The highest BCUT2D eigenvalue weighted by molar-refractivity contribution is 5.86. The van der Waals surface area contributed by atoms with Gasteiger partial charge in [-0.15, -0.1) is 0 Å². The van der Waals surface area contributed by atoms with Gasteiger partial charge in [0.2, 0.25) is 0 Å². The molecule has 8 nitrogen and oxygen atoms in total. The maximum Gasteiger partial charge on any atom is 0.269 e. The van der Waals surface area contributed by atoms with Crippen molar-refractivity contribution in [2.45, 2.75) is 13.0 Å². The lowest BCUT2D eigenvalue weighted by Gasteiger charge is -2.36. The number of aromatic nitrogens is 5. The molecule has 0 bridgehead atoms. The van der Waals surface area contributed by atoms with Gasteiger partial charge < -0.3 is 9.80 Å². The van der Waals surface area contributed by atoms with Crippen LogP contribution < -0.4 is 15.4 Å². The van der Waals surface area contributed by atoms with E-state index in [2.05, 4.69) is 25.0 Å². The summed E-state index contributed by atoms with van der Waals surface area (Å²) in [5.41, 5.74) is 0.763. The Bertz CT molecular complexity index is 996. The standard InChI is InChI=1S/C17H17F2N7O/c18-14(19)10-26-15(27)8-12(9-23-26)24-4-6-25(7-5-24)17-13-2-1-3-20-16(13)21-11-22-17/h1-3,8-9,11,14H,4-7,10H2. The van der Waals surface area contributed by atoms with Crippen LogP contribution >= 0.6 is 0 Å². The van der Waals surface area contributed by atoms with Gasteiger partial charge in [0.25, 0.3) is 12.0 Å². The van der Waals surface area contributed by atoms with Crippen LogP contribution in [-0.2, 0) is 6.54 Å². The first-order chi connectivity index (χ1) is 13.1. The summed E-state index contributed by atoms with van der Waals surface area (Å²) in [6, 6.07) is 5.15. The zero-order valence-electron chi connectivity index (χ0n) is 14.4. The van der Waals surface area contributed by atoms with Crippen LogP contribution in [0.1, 0.15) is 0 Å². The van der Waals surface area contributed by atoms with Gasteiger partial charge in [-0.1, -0.05) is 0 Å². The fraction of sp³-hybridized carbons (Fsp3) is 0.353. The average Bonchev–Trinajstić information content (AvgIpc) is 2.69. The van der Waals surface area contributed by atoms with Crippen molar-refractivity contribution in [3.63, 3.8) is 0 Å². The van der Waals surface area contributed by atoms with Crippen molar-refractivity contribution in [2.75, 3.05) is 36.0 Å². The van der Waals surface area contributed by atoms with E-state index in [1.807, 2.05) is 17.0 Å². The molecule has 4 heterocycles. The highest BCUT2D eigenvalue weighted by Gasteiger charge is 2.21. The quantitative estimate of drug-likeness (QED) is 0.679. The van der Waals surface area contributed by atoms with Gasteiger partial charge in [0.15, 0.2) is 5.65 Å². The van der Waals surface area contributed by atoms with Gasteiger partial charge in [0.05, 0.1) is 17.3 Å². The van der Waals surface area contributed by atoms with Crippen molar-refractivity contribution < 1.29 is 8.78 Å². The number of piperazine rings is 1. The highest BCUT2D eigenvalue weighted by atomic mass is 19.3. The molecule has 1 fully saturated rings. The second-order valence-electron chi connectivity index (χ2n) is 6.17. The second-order valence-corrected chi connectivity index (χ2v) is 6.17. The molecule has 1 aliphatic heterocycles. The molecule has 4 rings (SSSR count). The van der Waals surface area contributed by atoms with Gasteiger partial charge in [-0.2, -0.15) is 5.10 Å². The lowest BCUT2D eigenvalue weighted by molar-refractivity contribution is 0.119. The Morgan fingerprint density at radius 3 is 2.59 bits per heavy atom. The Hall–Kier alpha value is -3.17. The molecule has 0 amide bonds. The van der Waals surface area contributed by atoms with Crippen LogP contribution in [-0.4, -0.2) is 57.3 Å². The molecule has 3 aromatic rings. The summed E-state index contributed by atoms with van der Waals surface area (Å²) in [4.78, 5) is 28.9. The topological polar surface area (TPSA) is 80.0 Å². The van der Waals surface area contributed by atoms with E-state index in [-0.39, 0.29) is 0 Å². The molecule has 10 heteroatoms. The summed E-state index contributed by atoms with van der Waals surface area (Å²) in [5, 5.41) is 4.74. The largest absolute Gasteiger partial charge is 0.367 e. The molecular weight excluding hydrogens is 356 g/mol. The number of alkyl halides is 2. The number of hydrogen-bond acceptors (Lipinski definition) is 7. The molecule has 0 unspecified atom stereocenters. The zero-order valence-corrected chi connectivity index (χ0v) is 14.4. The Morgan fingerprint density at radius 2 is 1.85 bits per heavy atom. The lowest BCUT2D eigenvalue weighted by Crippen LogP contribution is -2.47. The van der Waals surface area contributed by atoms with E-state index in [1.54, 1.807) is 6.20 Å². The number of fused-ring (bicyclic) bond motifs is 1. The number of nitrogens with zero attached hydrogens (tertiary/aromatic N) is 7. The van der Waals surface area contributed by atoms with Crippen LogP contribution in [0.5, 0.6) is 0 Å². The minimum absolute atomic E-state index is 0.525. The third kappa shape index (κ3) is 3.55. The first kappa shape index (κ1) is 17.3. The van der Waals surface area contributed by atoms with Gasteiger partial charge >= 0.3 is 0 Å². The molecule has 0 spiro atoms.